The van der Waals surface area contributed by atoms with E-state index in [-0.39, 0.29) is 48.4 Å². The minimum absolute atomic E-state index is 0.0171. The molecule has 3 aliphatic rings. The van der Waals surface area contributed by atoms with Crippen molar-refractivity contribution in [2.75, 3.05) is 31.3 Å². The summed E-state index contributed by atoms with van der Waals surface area (Å²) in [7, 11) is 0. The van der Waals surface area contributed by atoms with Gasteiger partial charge in [0.25, 0.3) is 0 Å². The van der Waals surface area contributed by atoms with Crippen LogP contribution in [-0.4, -0.2) is 118 Å². The van der Waals surface area contributed by atoms with Gasteiger partial charge in [0, 0.05) is 36.3 Å². The average molecular weight is 880 g/mol. The quantitative estimate of drug-likeness (QED) is 0.223. The van der Waals surface area contributed by atoms with Crippen LogP contribution in [0.1, 0.15) is 105 Å². The van der Waals surface area contributed by atoms with Gasteiger partial charge >= 0.3 is 0 Å². The lowest BCUT2D eigenvalue weighted by Gasteiger charge is -2.39. The van der Waals surface area contributed by atoms with Crippen LogP contribution in [0.25, 0.3) is 0 Å². The van der Waals surface area contributed by atoms with Crippen LogP contribution in [0.3, 0.4) is 0 Å². The van der Waals surface area contributed by atoms with Crippen LogP contribution in [0.4, 0.5) is 0 Å². The third-order valence-corrected chi connectivity index (χ3v) is 13.6. The zero-order valence-corrected chi connectivity index (χ0v) is 38.9. The number of hydrogen-bond donors (Lipinski definition) is 5. The zero-order chi connectivity index (χ0) is 44.8. The van der Waals surface area contributed by atoms with Gasteiger partial charge in [-0.25, -0.2) is 4.98 Å². The molecule has 0 saturated carbocycles. The lowest BCUT2D eigenvalue weighted by molar-refractivity contribution is -0.140. The van der Waals surface area contributed by atoms with Gasteiger partial charge in [-0.3, -0.25) is 33.8 Å². The molecule has 15 nitrogen and oxygen atoms in total. The fourth-order valence-electron chi connectivity index (χ4n) is 8.00. The molecule has 334 valence electrons. The number of carbonyl (C=O) groups excluding carboxylic acids is 6. The van der Waals surface area contributed by atoms with E-state index in [1.807, 2.05) is 99.6 Å². The van der Waals surface area contributed by atoms with Crippen LogP contribution in [-0.2, 0) is 28.8 Å². The Kier molecular flexibility index (Phi) is 15.7. The number of aromatic nitrogens is 1. The molecule has 1 aromatic carbocycles. The summed E-state index contributed by atoms with van der Waals surface area (Å²) in [4.78, 5) is 97.3. The molecule has 2 fully saturated rings. The van der Waals surface area contributed by atoms with Crippen molar-refractivity contribution in [3.8, 4) is 0 Å². The Morgan fingerprint density at radius 1 is 0.934 bits per heavy atom. The molecule has 17 heteroatoms. The summed E-state index contributed by atoms with van der Waals surface area (Å²) in [6, 6.07) is 4.10. The third-order valence-electron chi connectivity index (χ3n) is 11.7. The fourth-order valence-corrected chi connectivity index (χ4v) is 9.66. The molecule has 4 heterocycles. The lowest BCUT2D eigenvalue weighted by atomic mass is 9.82. The van der Waals surface area contributed by atoms with E-state index >= 15 is 0 Å². The largest absolute Gasteiger partial charge is 0.360 e. The molecule has 1 aromatic heterocycles. The van der Waals surface area contributed by atoms with Gasteiger partial charge in [0.15, 0.2) is 0 Å². The first-order chi connectivity index (χ1) is 28.7. The molecule has 3 aliphatic heterocycles. The van der Waals surface area contributed by atoms with E-state index in [1.54, 1.807) is 33.1 Å². The number of benzene rings is 1. The second-order valence-electron chi connectivity index (χ2n) is 19.0. The highest BCUT2D eigenvalue weighted by Crippen LogP contribution is 2.29. The number of nitrogens with one attached hydrogen (secondary N) is 5. The van der Waals surface area contributed by atoms with Gasteiger partial charge < -0.3 is 36.4 Å². The first kappa shape index (κ1) is 47.5. The van der Waals surface area contributed by atoms with Crippen molar-refractivity contribution in [1.29, 1.82) is 0 Å². The first-order valence-electron chi connectivity index (χ1n) is 21.3. The van der Waals surface area contributed by atoms with E-state index < -0.39 is 70.7 Å². The number of hydrogen-bond acceptors (Lipinski definition) is 11. The van der Waals surface area contributed by atoms with Crippen molar-refractivity contribution in [1.82, 2.24) is 41.4 Å². The van der Waals surface area contributed by atoms with Gasteiger partial charge in [-0.15, -0.1) is 23.1 Å². The number of nitrogens with zero attached hydrogens (tertiary/aromatic N) is 4. The van der Waals surface area contributed by atoms with Gasteiger partial charge in [-0.1, -0.05) is 99.6 Å². The summed E-state index contributed by atoms with van der Waals surface area (Å²) in [5.41, 5.74) is -0.667. The number of thiazole rings is 1. The molecule has 2 aromatic rings. The van der Waals surface area contributed by atoms with Crippen molar-refractivity contribution in [3.05, 3.63) is 52.5 Å². The SMILES string of the molecule is CC(C)[C@@H]1NC(=O)[C@@H]2[C@H](C)CCN2C(=O)CN=C(N[C@H](C(=O)N[C@H](C(=O)N[C@H](CC(=O)N2CCSC2)c2nccs2)[C@@H](C)c2ccccc2)C(C)(C)C)[C@H](C(C)(C)C)NC1=O. The molecule has 6 amide bonds. The molecule has 2 saturated heterocycles. The highest BCUT2D eigenvalue weighted by atomic mass is 32.2. The predicted octanol–water partition coefficient (Wildman–Crippen LogP) is 3.84. The molecule has 0 spiro atoms. The van der Waals surface area contributed by atoms with Crippen LogP contribution in [0.2, 0.25) is 0 Å². The molecule has 0 radical (unpaired) electrons. The minimum Gasteiger partial charge on any atom is -0.360 e. The molecule has 5 rings (SSSR count). The van der Waals surface area contributed by atoms with E-state index in [0.29, 0.717) is 30.4 Å². The summed E-state index contributed by atoms with van der Waals surface area (Å²) in [6.45, 7) is 19.6. The fraction of sp³-hybridized carbons (Fsp3) is 0.636. The van der Waals surface area contributed by atoms with Crippen molar-refractivity contribution in [3.63, 3.8) is 0 Å². The van der Waals surface area contributed by atoms with Crippen LogP contribution in [0.5, 0.6) is 0 Å². The lowest BCUT2D eigenvalue weighted by Crippen LogP contribution is -2.65. The zero-order valence-electron chi connectivity index (χ0n) is 37.2. The molecule has 61 heavy (non-hydrogen) atoms. The Labute approximate surface area is 368 Å². The number of aliphatic imine (C=N–C) groups is 1. The van der Waals surface area contributed by atoms with Crippen LogP contribution < -0.4 is 26.6 Å². The Morgan fingerprint density at radius 2 is 1.64 bits per heavy atom. The summed E-state index contributed by atoms with van der Waals surface area (Å²) in [6.07, 6.45) is 2.28. The number of amidine groups is 1. The Morgan fingerprint density at radius 3 is 2.23 bits per heavy atom. The standard InChI is InChI=1S/C44H65N9O6S2/c1-25(2)32-38(56)51-35(43(5,6)7)37(46-23-31(55)53-18-16-26(3)34(53)40(58)48-32)50-36(44(8,9)10)41(59)49-33(27(4)28-14-12-11-13-15-28)39(57)47-29(42-45-17-20-61-42)22-30(54)52-19-21-60-24-52/h11-15,17,20,25-27,29,32-36H,16,18-19,21-24H2,1-10H3,(H,46,50)(H,47,57)(H,48,58)(H,49,59)(H,51,56)/t26-,27+,29-,32+,33+,34+,35-,36-/m1/s1. The molecule has 0 bridgehead atoms. The second kappa shape index (κ2) is 20.1. The monoisotopic (exact) mass is 879 g/mol. The normalized spacial score (nSPS) is 23.7. The maximum Gasteiger partial charge on any atom is 0.244 e. The number of thioether (sulfide) groups is 1. The van der Waals surface area contributed by atoms with Crippen LogP contribution in [0.15, 0.2) is 46.9 Å². The summed E-state index contributed by atoms with van der Waals surface area (Å²) in [5, 5.41) is 18.0. The van der Waals surface area contributed by atoms with E-state index in [4.69, 9.17) is 4.99 Å². The minimum atomic E-state index is -1.09. The highest BCUT2D eigenvalue weighted by molar-refractivity contribution is 7.99. The number of rotatable bonds is 11. The predicted molar refractivity (Wildman–Crippen MR) is 240 cm³/mol. The van der Waals surface area contributed by atoms with Gasteiger partial charge in [-0.2, -0.15) is 0 Å². The molecule has 0 aliphatic carbocycles. The molecule has 8 atom stereocenters. The molecular formula is C44H65N9O6S2. The van der Waals surface area contributed by atoms with E-state index in [1.165, 1.54) is 11.3 Å². The number of carbonyl (C=O) groups is 6. The Bertz CT molecular complexity index is 1910. The summed E-state index contributed by atoms with van der Waals surface area (Å²) >= 11 is 3.02. The topological polar surface area (TPSA) is 194 Å². The summed E-state index contributed by atoms with van der Waals surface area (Å²) < 4.78 is 0. The van der Waals surface area contributed by atoms with Crippen LogP contribution >= 0.6 is 23.1 Å². The summed E-state index contributed by atoms with van der Waals surface area (Å²) in [5.74, 6) is -1.44. The van der Waals surface area contributed by atoms with Crippen molar-refractivity contribution >= 4 is 64.4 Å². The third kappa shape index (κ3) is 11.9. The van der Waals surface area contributed by atoms with E-state index in [2.05, 4.69) is 31.6 Å². The van der Waals surface area contributed by atoms with E-state index in [9.17, 15) is 28.8 Å². The Balaban J connectivity index is 1.50. The van der Waals surface area contributed by atoms with Crippen molar-refractivity contribution in [2.24, 2.45) is 27.7 Å². The molecule has 0 unspecified atom stereocenters. The number of amides is 6. The average Bonchev–Trinajstić information content (AvgIpc) is 4.00. The first-order valence-corrected chi connectivity index (χ1v) is 23.3. The van der Waals surface area contributed by atoms with Gasteiger partial charge in [0.1, 0.15) is 41.6 Å². The van der Waals surface area contributed by atoms with Crippen molar-refractivity contribution < 1.29 is 28.8 Å². The van der Waals surface area contributed by atoms with Crippen LogP contribution in [0, 0.1) is 22.7 Å². The Hall–Kier alpha value is -4.51. The van der Waals surface area contributed by atoms with E-state index in [0.717, 1.165) is 11.3 Å². The second-order valence-corrected chi connectivity index (χ2v) is 21.0. The number of fused-ring (bicyclic) bond motifs is 1. The van der Waals surface area contributed by atoms with Crippen molar-refractivity contribution in [2.45, 2.75) is 124 Å². The van der Waals surface area contributed by atoms with Gasteiger partial charge in [0.05, 0.1) is 24.4 Å². The molecule has 5 N–H and O–H groups in total. The maximum absolute atomic E-state index is 14.9. The highest BCUT2D eigenvalue weighted by Gasteiger charge is 2.44. The maximum atomic E-state index is 14.9. The smallest absolute Gasteiger partial charge is 0.244 e. The van der Waals surface area contributed by atoms with Gasteiger partial charge in [0.2, 0.25) is 35.4 Å². The molecular weight excluding hydrogens is 815 g/mol. The van der Waals surface area contributed by atoms with Gasteiger partial charge in [-0.05, 0) is 34.7 Å².